The van der Waals surface area contributed by atoms with Gasteiger partial charge in [0.1, 0.15) is 0 Å². The lowest BCUT2D eigenvalue weighted by Gasteiger charge is -2.37. The van der Waals surface area contributed by atoms with Gasteiger partial charge in [0, 0.05) is 37.9 Å². The summed E-state index contributed by atoms with van der Waals surface area (Å²) in [5.41, 5.74) is 2.05. The van der Waals surface area contributed by atoms with E-state index in [-0.39, 0.29) is 23.9 Å². The second-order valence-electron chi connectivity index (χ2n) is 7.21. The second kappa shape index (κ2) is 9.69. The molecule has 2 amide bonds. The van der Waals surface area contributed by atoms with Crippen LogP contribution in [-0.4, -0.2) is 66.4 Å². The highest BCUT2D eigenvalue weighted by Gasteiger charge is 2.26. The van der Waals surface area contributed by atoms with Crippen LogP contribution in [0.3, 0.4) is 0 Å². The molecule has 1 aromatic carbocycles. The number of piperazine rings is 1. The van der Waals surface area contributed by atoms with Crippen molar-refractivity contribution in [2.75, 3.05) is 38.0 Å². The smallest absolute Gasteiger partial charge is 0.238 e. The summed E-state index contributed by atoms with van der Waals surface area (Å²) in [5.74, 6) is 0.0901. The summed E-state index contributed by atoms with van der Waals surface area (Å²) in [7, 11) is 0. The average Bonchev–Trinajstić information content (AvgIpc) is 2.61. The fourth-order valence-electron chi connectivity index (χ4n) is 3.22. The van der Waals surface area contributed by atoms with Crippen LogP contribution in [0.5, 0.6) is 0 Å². The molecule has 26 heavy (non-hydrogen) atoms. The number of rotatable bonds is 7. The first kappa shape index (κ1) is 20.4. The third kappa shape index (κ3) is 5.81. The molecule has 1 saturated heterocycles. The zero-order valence-corrected chi connectivity index (χ0v) is 16.4. The number of hydrogen-bond donors (Lipinski definition) is 2. The zero-order valence-electron chi connectivity index (χ0n) is 16.4. The van der Waals surface area contributed by atoms with E-state index in [1.54, 1.807) is 0 Å². The van der Waals surface area contributed by atoms with Gasteiger partial charge in [0.15, 0.2) is 0 Å². The number of benzene rings is 1. The van der Waals surface area contributed by atoms with E-state index in [0.29, 0.717) is 6.54 Å². The van der Waals surface area contributed by atoms with E-state index in [0.717, 1.165) is 43.9 Å². The Hall–Kier alpha value is -1.92. The average molecular weight is 361 g/mol. The molecule has 2 N–H and O–H groups in total. The van der Waals surface area contributed by atoms with E-state index in [2.05, 4.69) is 27.4 Å². The number of nitrogens with zero attached hydrogens (tertiary/aromatic N) is 2. The fourth-order valence-corrected chi connectivity index (χ4v) is 3.22. The summed E-state index contributed by atoms with van der Waals surface area (Å²) in [6, 6.07) is 7.94. The van der Waals surface area contributed by atoms with Crippen LogP contribution in [0.1, 0.15) is 33.3 Å². The van der Waals surface area contributed by atoms with Gasteiger partial charge in [-0.3, -0.25) is 19.4 Å². The lowest BCUT2D eigenvalue weighted by Crippen LogP contribution is -2.55. The molecule has 1 fully saturated rings. The summed E-state index contributed by atoms with van der Waals surface area (Å²) in [4.78, 5) is 28.8. The van der Waals surface area contributed by atoms with E-state index in [9.17, 15) is 9.59 Å². The highest BCUT2D eigenvalue weighted by molar-refractivity contribution is 5.93. The minimum atomic E-state index is -0.134. The third-order valence-corrected chi connectivity index (χ3v) is 4.80. The molecular formula is C20H32N4O2. The van der Waals surface area contributed by atoms with E-state index in [1.165, 1.54) is 0 Å². The first-order valence-electron chi connectivity index (χ1n) is 9.55. The predicted octanol–water partition coefficient (Wildman–Crippen LogP) is 1.72. The molecule has 1 aliphatic rings. The summed E-state index contributed by atoms with van der Waals surface area (Å²) >= 11 is 0. The number of anilines is 1. The number of hydrogen-bond acceptors (Lipinski definition) is 4. The summed E-state index contributed by atoms with van der Waals surface area (Å²) in [5, 5.41) is 5.99. The van der Waals surface area contributed by atoms with Crippen LogP contribution in [-0.2, 0) is 16.0 Å². The van der Waals surface area contributed by atoms with Gasteiger partial charge < -0.3 is 10.6 Å². The highest BCUT2D eigenvalue weighted by atomic mass is 16.2. The molecule has 1 heterocycles. The molecule has 6 nitrogen and oxygen atoms in total. The van der Waals surface area contributed by atoms with Gasteiger partial charge in [0.2, 0.25) is 11.8 Å². The zero-order chi connectivity index (χ0) is 19.1. The van der Waals surface area contributed by atoms with Crippen molar-refractivity contribution in [3.63, 3.8) is 0 Å². The van der Waals surface area contributed by atoms with Gasteiger partial charge in [-0.1, -0.05) is 25.1 Å². The van der Waals surface area contributed by atoms with Gasteiger partial charge in [-0.05, 0) is 38.8 Å². The normalized spacial score (nSPS) is 17.1. The minimum Gasteiger partial charge on any atom is -0.353 e. The highest BCUT2D eigenvalue weighted by Crippen LogP contribution is 2.15. The molecule has 1 aliphatic heterocycles. The SMILES string of the molecule is CCc1ccccc1NC(=O)CN1CCN(C(C)C(=O)NC(C)C)CC1. The molecule has 0 saturated carbocycles. The first-order chi connectivity index (χ1) is 12.4. The lowest BCUT2D eigenvalue weighted by atomic mass is 10.1. The quantitative estimate of drug-likeness (QED) is 0.777. The molecule has 2 rings (SSSR count). The summed E-state index contributed by atoms with van der Waals surface area (Å²) in [6.45, 7) is 11.5. The van der Waals surface area contributed by atoms with Crippen LogP contribution in [0, 0.1) is 0 Å². The van der Waals surface area contributed by atoms with Gasteiger partial charge in [-0.2, -0.15) is 0 Å². The van der Waals surface area contributed by atoms with Crippen LogP contribution in [0.25, 0.3) is 0 Å². The van der Waals surface area contributed by atoms with Gasteiger partial charge >= 0.3 is 0 Å². The Morgan fingerprint density at radius 3 is 2.35 bits per heavy atom. The first-order valence-corrected chi connectivity index (χ1v) is 9.55. The van der Waals surface area contributed by atoms with E-state index in [4.69, 9.17) is 0 Å². The fraction of sp³-hybridized carbons (Fsp3) is 0.600. The number of para-hydroxylation sites is 1. The van der Waals surface area contributed by atoms with Crippen molar-refractivity contribution in [3.8, 4) is 0 Å². The van der Waals surface area contributed by atoms with Crippen molar-refractivity contribution < 1.29 is 9.59 Å². The molecule has 144 valence electrons. The molecular weight excluding hydrogens is 328 g/mol. The predicted molar refractivity (Wildman–Crippen MR) is 105 cm³/mol. The molecule has 0 aliphatic carbocycles. The second-order valence-corrected chi connectivity index (χ2v) is 7.21. The van der Waals surface area contributed by atoms with Crippen LogP contribution in [0.15, 0.2) is 24.3 Å². The Bertz CT molecular complexity index is 610. The Morgan fingerprint density at radius 1 is 1.08 bits per heavy atom. The number of carbonyl (C=O) groups is 2. The van der Waals surface area contributed by atoms with Crippen molar-refractivity contribution in [3.05, 3.63) is 29.8 Å². The minimum absolute atomic E-state index is 0.0185. The van der Waals surface area contributed by atoms with E-state index in [1.807, 2.05) is 45.0 Å². The molecule has 0 radical (unpaired) electrons. The van der Waals surface area contributed by atoms with Crippen LogP contribution in [0.2, 0.25) is 0 Å². The van der Waals surface area contributed by atoms with Crippen molar-refractivity contribution >= 4 is 17.5 Å². The maximum absolute atomic E-state index is 12.4. The van der Waals surface area contributed by atoms with Crippen molar-refractivity contribution in [1.82, 2.24) is 15.1 Å². The van der Waals surface area contributed by atoms with Gasteiger partial charge in [0.25, 0.3) is 0 Å². The summed E-state index contributed by atoms with van der Waals surface area (Å²) < 4.78 is 0. The van der Waals surface area contributed by atoms with Gasteiger partial charge in [-0.15, -0.1) is 0 Å². The number of carbonyl (C=O) groups excluding carboxylic acids is 2. The van der Waals surface area contributed by atoms with Gasteiger partial charge in [-0.25, -0.2) is 0 Å². The third-order valence-electron chi connectivity index (χ3n) is 4.80. The van der Waals surface area contributed by atoms with Crippen LogP contribution in [0.4, 0.5) is 5.69 Å². The van der Waals surface area contributed by atoms with Gasteiger partial charge in [0.05, 0.1) is 12.6 Å². The molecule has 0 spiro atoms. The lowest BCUT2D eigenvalue weighted by molar-refractivity contribution is -0.127. The topological polar surface area (TPSA) is 64.7 Å². The van der Waals surface area contributed by atoms with Crippen molar-refractivity contribution in [1.29, 1.82) is 0 Å². The van der Waals surface area contributed by atoms with E-state index < -0.39 is 0 Å². The maximum atomic E-state index is 12.4. The van der Waals surface area contributed by atoms with E-state index >= 15 is 0 Å². The monoisotopic (exact) mass is 360 g/mol. The van der Waals surface area contributed by atoms with Crippen molar-refractivity contribution in [2.24, 2.45) is 0 Å². The summed E-state index contributed by atoms with van der Waals surface area (Å²) in [6.07, 6.45) is 0.894. The molecule has 1 atom stereocenters. The van der Waals surface area contributed by atoms with Crippen LogP contribution >= 0.6 is 0 Å². The largest absolute Gasteiger partial charge is 0.353 e. The maximum Gasteiger partial charge on any atom is 0.238 e. The molecule has 1 unspecified atom stereocenters. The molecule has 1 aromatic rings. The Labute approximate surface area is 156 Å². The number of nitrogens with one attached hydrogen (secondary N) is 2. The Morgan fingerprint density at radius 2 is 1.73 bits per heavy atom. The molecule has 0 bridgehead atoms. The molecule has 0 aromatic heterocycles. The Kier molecular flexibility index (Phi) is 7.60. The number of aryl methyl sites for hydroxylation is 1. The number of amides is 2. The van der Waals surface area contributed by atoms with Crippen LogP contribution < -0.4 is 10.6 Å². The molecule has 6 heteroatoms. The van der Waals surface area contributed by atoms with Crippen molar-refractivity contribution in [2.45, 2.75) is 46.2 Å². The Balaban J connectivity index is 1.79. The standard InChI is InChI=1S/C20H32N4O2/c1-5-17-8-6-7-9-18(17)22-19(25)14-23-10-12-24(13-11-23)16(4)20(26)21-15(2)3/h6-9,15-16H,5,10-14H2,1-4H3,(H,21,26)(H,22,25).